The fraction of sp³-hybridized carbons (Fsp3) is 0.214. The summed E-state index contributed by atoms with van der Waals surface area (Å²) in [6.07, 6.45) is 3.42. The van der Waals surface area contributed by atoms with Gasteiger partial charge < -0.3 is 10.2 Å². The van der Waals surface area contributed by atoms with Crippen molar-refractivity contribution in [1.82, 2.24) is 4.98 Å². The zero-order chi connectivity index (χ0) is 15.4. The predicted molar refractivity (Wildman–Crippen MR) is 86.7 cm³/mol. The quantitative estimate of drug-likeness (QED) is 0.660. The molecule has 1 N–H and O–H groups in total. The Hall–Kier alpha value is -2.15. The summed E-state index contributed by atoms with van der Waals surface area (Å²) in [6, 6.07) is 6.79. The van der Waals surface area contributed by atoms with E-state index in [0.717, 1.165) is 15.8 Å². The Morgan fingerprint density at radius 1 is 1.38 bits per heavy atom. The first-order chi connectivity index (χ1) is 9.99. The molecule has 7 heteroatoms. The number of rotatable bonds is 5. The van der Waals surface area contributed by atoms with E-state index in [1.807, 2.05) is 25.1 Å². The van der Waals surface area contributed by atoms with Crippen molar-refractivity contribution in [2.75, 3.05) is 24.3 Å². The van der Waals surface area contributed by atoms with Gasteiger partial charge in [-0.3, -0.25) is 15.1 Å². The first-order valence-electron chi connectivity index (χ1n) is 6.27. The lowest BCUT2D eigenvalue weighted by Gasteiger charge is -2.17. The zero-order valence-electron chi connectivity index (χ0n) is 11.7. The van der Waals surface area contributed by atoms with Gasteiger partial charge in [0.25, 0.3) is 5.69 Å². The summed E-state index contributed by atoms with van der Waals surface area (Å²) in [5, 5.41) is 14.3. The number of aromatic nitrogens is 1. The Morgan fingerprint density at radius 2 is 2.14 bits per heavy atom. The molecule has 0 amide bonds. The highest BCUT2D eigenvalue weighted by molar-refractivity contribution is 9.10. The van der Waals surface area contributed by atoms with Gasteiger partial charge in [-0.15, -0.1) is 0 Å². The van der Waals surface area contributed by atoms with Gasteiger partial charge in [-0.05, 0) is 18.2 Å². The van der Waals surface area contributed by atoms with Crippen LogP contribution in [0.3, 0.4) is 0 Å². The van der Waals surface area contributed by atoms with Gasteiger partial charge >= 0.3 is 0 Å². The van der Waals surface area contributed by atoms with Gasteiger partial charge in [0, 0.05) is 42.9 Å². The third kappa shape index (κ3) is 3.69. The molecule has 110 valence electrons. The van der Waals surface area contributed by atoms with Crippen molar-refractivity contribution in [3.8, 4) is 0 Å². The molecule has 2 aromatic rings. The predicted octanol–water partition coefficient (Wildman–Crippen LogP) is 3.43. The van der Waals surface area contributed by atoms with Crippen LogP contribution < -0.4 is 10.2 Å². The lowest BCUT2D eigenvalue weighted by molar-refractivity contribution is -0.385. The van der Waals surface area contributed by atoms with Gasteiger partial charge in [0.15, 0.2) is 0 Å². The molecule has 6 nitrogen and oxygen atoms in total. The van der Waals surface area contributed by atoms with Gasteiger partial charge in [0.05, 0.1) is 22.5 Å². The van der Waals surface area contributed by atoms with Crippen LogP contribution in [0.5, 0.6) is 0 Å². The molecule has 0 radical (unpaired) electrons. The van der Waals surface area contributed by atoms with E-state index in [2.05, 4.69) is 26.2 Å². The number of nitro groups is 1. The standard InChI is InChI=1S/C14H15BrN4O2/c1-18(2)14-5-6-16-9-12(14)17-8-10-7-11(15)3-4-13(10)19(20)21/h3-7,9,17H,8H2,1-2H3. The second-order valence-electron chi connectivity index (χ2n) is 4.67. The fourth-order valence-corrected chi connectivity index (χ4v) is 2.39. The Kier molecular flexibility index (Phi) is 4.74. The fourth-order valence-electron chi connectivity index (χ4n) is 1.98. The van der Waals surface area contributed by atoms with E-state index < -0.39 is 0 Å². The lowest BCUT2D eigenvalue weighted by Crippen LogP contribution is -2.12. The maximum atomic E-state index is 11.1. The van der Waals surface area contributed by atoms with Crippen LogP contribution in [0.1, 0.15) is 5.56 Å². The lowest BCUT2D eigenvalue weighted by atomic mass is 10.1. The minimum atomic E-state index is -0.375. The molecule has 0 aliphatic carbocycles. The van der Waals surface area contributed by atoms with Crippen LogP contribution in [-0.4, -0.2) is 24.0 Å². The van der Waals surface area contributed by atoms with E-state index in [9.17, 15) is 10.1 Å². The third-order valence-electron chi connectivity index (χ3n) is 2.99. The zero-order valence-corrected chi connectivity index (χ0v) is 13.3. The van der Waals surface area contributed by atoms with Crippen LogP contribution in [0.2, 0.25) is 0 Å². The van der Waals surface area contributed by atoms with E-state index >= 15 is 0 Å². The van der Waals surface area contributed by atoms with Crippen LogP contribution in [0.4, 0.5) is 17.1 Å². The first-order valence-corrected chi connectivity index (χ1v) is 7.06. The van der Waals surface area contributed by atoms with Crippen LogP contribution in [0.25, 0.3) is 0 Å². The number of pyridine rings is 1. The van der Waals surface area contributed by atoms with Crippen LogP contribution in [-0.2, 0) is 6.54 Å². The van der Waals surface area contributed by atoms with E-state index in [-0.39, 0.29) is 10.6 Å². The largest absolute Gasteiger partial charge is 0.378 e. The molecule has 2 rings (SSSR count). The monoisotopic (exact) mass is 350 g/mol. The highest BCUT2D eigenvalue weighted by Crippen LogP contribution is 2.26. The number of nitrogens with one attached hydrogen (secondary N) is 1. The molecule has 0 aliphatic rings. The molecular formula is C14H15BrN4O2. The van der Waals surface area contributed by atoms with Crippen molar-refractivity contribution in [2.45, 2.75) is 6.54 Å². The number of nitrogens with zero attached hydrogens (tertiary/aromatic N) is 3. The highest BCUT2D eigenvalue weighted by Gasteiger charge is 2.14. The second kappa shape index (κ2) is 6.53. The number of hydrogen-bond donors (Lipinski definition) is 1. The maximum Gasteiger partial charge on any atom is 0.274 e. The Labute approximate surface area is 131 Å². The molecule has 21 heavy (non-hydrogen) atoms. The Balaban J connectivity index is 2.25. The topological polar surface area (TPSA) is 71.3 Å². The van der Waals surface area contributed by atoms with E-state index in [1.54, 1.807) is 24.5 Å². The minimum absolute atomic E-state index is 0.0981. The van der Waals surface area contributed by atoms with Gasteiger partial charge in [0.1, 0.15) is 0 Å². The molecule has 0 aliphatic heterocycles. The number of benzene rings is 1. The molecule has 1 aromatic carbocycles. The summed E-state index contributed by atoms with van der Waals surface area (Å²) < 4.78 is 0.809. The molecule has 1 heterocycles. The van der Waals surface area contributed by atoms with Crippen molar-refractivity contribution in [1.29, 1.82) is 0 Å². The first kappa shape index (κ1) is 15.2. The molecule has 0 saturated carbocycles. The van der Waals surface area contributed by atoms with Crippen molar-refractivity contribution in [3.05, 3.63) is 56.8 Å². The minimum Gasteiger partial charge on any atom is -0.378 e. The summed E-state index contributed by atoms with van der Waals surface area (Å²) in [7, 11) is 3.87. The average Bonchev–Trinajstić information content (AvgIpc) is 2.45. The van der Waals surface area contributed by atoms with E-state index in [4.69, 9.17) is 0 Å². The smallest absolute Gasteiger partial charge is 0.274 e. The Morgan fingerprint density at radius 3 is 2.81 bits per heavy atom. The van der Waals surface area contributed by atoms with Crippen LogP contribution >= 0.6 is 15.9 Å². The van der Waals surface area contributed by atoms with Crippen molar-refractivity contribution >= 4 is 33.0 Å². The van der Waals surface area contributed by atoms with Crippen LogP contribution in [0, 0.1) is 10.1 Å². The van der Waals surface area contributed by atoms with Gasteiger partial charge in [-0.25, -0.2) is 0 Å². The molecule has 0 atom stereocenters. The molecule has 0 spiro atoms. The molecular weight excluding hydrogens is 336 g/mol. The second-order valence-corrected chi connectivity index (χ2v) is 5.59. The number of hydrogen-bond acceptors (Lipinski definition) is 5. The number of anilines is 2. The molecule has 0 fully saturated rings. The molecule has 0 bridgehead atoms. The summed E-state index contributed by atoms with van der Waals surface area (Å²) in [5.41, 5.74) is 2.52. The SMILES string of the molecule is CN(C)c1ccncc1NCc1cc(Br)ccc1[N+](=O)[O-]. The normalized spacial score (nSPS) is 10.2. The van der Waals surface area contributed by atoms with E-state index in [0.29, 0.717) is 12.1 Å². The summed E-state index contributed by atoms with van der Waals surface area (Å²) in [4.78, 5) is 16.7. The van der Waals surface area contributed by atoms with Gasteiger partial charge in [0.2, 0.25) is 0 Å². The molecule has 1 aromatic heterocycles. The molecule has 0 saturated heterocycles. The van der Waals surface area contributed by atoms with Crippen LogP contribution in [0.15, 0.2) is 41.1 Å². The summed E-state index contributed by atoms with van der Waals surface area (Å²) >= 11 is 3.34. The Bertz CT molecular complexity index is 661. The number of nitro benzene ring substituents is 1. The summed E-state index contributed by atoms with van der Waals surface area (Å²) in [5.74, 6) is 0. The highest BCUT2D eigenvalue weighted by atomic mass is 79.9. The maximum absolute atomic E-state index is 11.1. The third-order valence-corrected chi connectivity index (χ3v) is 3.48. The molecule has 0 unspecified atom stereocenters. The van der Waals surface area contributed by atoms with Gasteiger partial charge in [-0.2, -0.15) is 0 Å². The number of halogens is 1. The van der Waals surface area contributed by atoms with Crippen molar-refractivity contribution in [2.24, 2.45) is 0 Å². The van der Waals surface area contributed by atoms with Crippen molar-refractivity contribution < 1.29 is 4.92 Å². The van der Waals surface area contributed by atoms with Crippen molar-refractivity contribution in [3.63, 3.8) is 0 Å². The van der Waals surface area contributed by atoms with Gasteiger partial charge in [-0.1, -0.05) is 15.9 Å². The summed E-state index contributed by atoms with van der Waals surface area (Å²) in [6.45, 7) is 0.349. The van der Waals surface area contributed by atoms with E-state index in [1.165, 1.54) is 6.07 Å². The average molecular weight is 351 g/mol.